The van der Waals surface area contributed by atoms with Crippen molar-refractivity contribution in [1.29, 1.82) is 0 Å². The smallest absolute Gasteiger partial charge is 0.0348 e. The molecule has 0 saturated carbocycles. The van der Waals surface area contributed by atoms with E-state index in [1.807, 2.05) is 0 Å². The van der Waals surface area contributed by atoms with Crippen LogP contribution in [0.5, 0.6) is 0 Å². The maximum atomic E-state index is 5.89. The minimum absolute atomic E-state index is 0.537. The van der Waals surface area contributed by atoms with Crippen molar-refractivity contribution in [1.82, 2.24) is 9.80 Å². The Kier molecular flexibility index (Phi) is 5.03. The quantitative estimate of drug-likeness (QED) is 0.759. The fourth-order valence-electron chi connectivity index (χ4n) is 2.45. The van der Waals surface area contributed by atoms with Crippen molar-refractivity contribution in [2.45, 2.75) is 39.3 Å². The van der Waals surface area contributed by atoms with Crippen LogP contribution in [0.15, 0.2) is 0 Å². The summed E-state index contributed by atoms with van der Waals surface area (Å²) in [6.07, 6.45) is 1.26. The second-order valence-corrected chi connectivity index (χ2v) is 5.38. The summed E-state index contributed by atoms with van der Waals surface area (Å²) in [5.41, 5.74) is 5.89. The van der Waals surface area contributed by atoms with Gasteiger partial charge in [-0.15, -0.1) is 0 Å². The number of likely N-dealkylation sites (N-methyl/N-ethyl adjacent to an activating group) is 1. The van der Waals surface area contributed by atoms with Gasteiger partial charge in [0.1, 0.15) is 0 Å². The molecule has 1 rings (SSSR count). The average molecular weight is 213 g/mol. The molecule has 3 nitrogen and oxygen atoms in total. The normalized spacial score (nSPS) is 30.8. The van der Waals surface area contributed by atoms with Crippen LogP contribution in [-0.2, 0) is 0 Å². The molecular weight excluding hydrogens is 186 g/mol. The topological polar surface area (TPSA) is 32.5 Å². The van der Waals surface area contributed by atoms with E-state index in [1.165, 1.54) is 19.5 Å². The maximum Gasteiger partial charge on any atom is 0.0348 e. The van der Waals surface area contributed by atoms with Crippen molar-refractivity contribution >= 4 is 0 Å². The minimum Gasteiger partial charge on any atom is -0.329 e. The molecule has 90 valence electrons. The predicted octanol–water partition coefficient (Wildman–Crippen LogP) is 0.996. The van der Waals surface area contributed by atoms with Crippen LogP contribution in [0.3, 0.4) is 0 Å². The standard InChI is InChI=1S/C12H27N3/c1-10(2)8-15-11(3)5-6-14(4)9-12(15)7-13/h10-12H,5-9,13H2,1-4H3. The van der Waals surface area contributed by atoms with Crippen LogP contribution < -0.4 is 5.73 Å². The number of rotatable bonds is 3. The molecular formula is C12H27N3. The number of hydrogen-bond acceptors (Lipinski definition) is 3. The highest BCUT2D eigenvalue weighted by molar-refractivity contribution is 4.84. The van der Waals surface area contributed by atoms with Gasteiger partial charge in [0.15, 0.2) is 0 Å². The maximum absolute atomic E-state index is 5.89. The summed E-state index contributed by atoms with van der Waals surface area (Å²) >= 11 is 0. The highest BCUT2D eigenvalue weighted by Gasteiger charge is 2.27. The lowest BCUT2D eigenvalue weighted by Gasteiger charge is -2.35. The van der Waals surface area contributed by atoms with E-state index in [0.29, 0.717) is 12.1 Å². The van der Waals surface area contributed by atoms with E-state index in [-0.39, 0.29) is 0 Å². The monoisotopic (exact) mass is 213 g/mol. The molecule has 0 aromatic heterocycles. The van der Waals surface area contributed by atoms with Gasteiger partial charge in [0.05, 0.1) is 0 Å². The summed E-state index contributed by atoms with van der Waals surface area (Å²) in [6.45, 7) is 11.2. The lowest BCUT2D eigenvalue weighted by atomic mass is 10.1. The molecule has 0 aromatic rings. The highest BCUT2D eigenvalue weighted by Crippen LogP contribution is 2.16. The Morgan fingerprint density at radius 1 is 1.40 bits per heavy atom. The second kappa shape index (κ2) is 5.83. The zero-order chi connectivity index (χ0) is 11.4. The fraction of sp³-hybridized carbons (Fsp3) is 1.00. The van der Waals surface area contributed by atoms with Gasteiger partial charge in [-0.25, -0.2) is 0 Å². The van der Waals surface area contributed by atoms with Gasteiger partial charge >= 0.3 is 0 Å². The third-order valence-corrected chi connectivity index (χ3v) is 3.33. The highest BCUT2D eigenvalue weighted by atomic mass is 15.3. The van der Waals surface area contributed by atoms with E-state index in [9.17, 15) is 0 Å². The van der Waals surface area contributed by atoms with Crippen LogP contribution in [0.4, 0.5) is 0 Å². The summed E-state index contributed by atoms with van der Waals surface area (Å²) in [7, 11) is 2.20. The summed E-state index contributed by atoms with van der Waals surface area (Å²) in [5.74, 6) is 0.727. The van der Waals surface area contributed by atoms with Crippen molar-refractivity contribution in [3.63, 3.8) is 0 Å². The first kappa shape index (κ1) is 12.9. The number of nitrogens with zero attached hydrogens (tertiary/aromatic N) is 2. The van der Waals surface area contributed by atoms with Crippen LogP contribution in [0, 0.1) is 5.92 Å². The predicted molar refractivity (Wildman–Crippen MR) is 66.0 cm³/mol. The first-order valence-electron chi connectivity index (χ1n) is 6.19. The Hall–Kier alpha value is -0.120. The summed E-state index contributed by atoms with van der Waals surface area (Å²) in [4.78, 5) is 5.02. The van der Waals surface area contributed by atoms with E-state index >= 15 is 0 Å². The van der Waals surface area contributed by atoms with Crippen LogP contribution >= 0.6 is 0 Å². The lowest BCUT2D eigenvalue weighted by Crippen LogP contribution is -2.49. The van der Waals surface area contributed by atoms with Crippen LogP contribution in [0.1, 0.15) is 27.2 Å². The molecule has 1 heterocycles. The van der Waals surface area contributed by atoms with Gasteiger partial charge in [-0.2, -0.15) is 0 Å². The first-order valence-corrected chi connectivity index (χ1v) is 6.19. The molecule has 0 amide bonds. The van der Waals surface area contributed by atoms with Gasteiger partial charge < -0.3 is 10.6 Å². The van der Waals surface area contributed by atoms with Gasteiger partial charge in [-0.1, -0.05) is 13.8 Å². The van der Waals surface area contributed by atoms with Gasteiger partial charge in [0, 0.05) is 31.7 Å². The van der Waals surface area contributed by atoms with Crippen molar-refractivity contribution in [3.05, 3.63) is 0 Å². The lowest BCUT2D eigenvalue weighted by molar-refractivity contribution is 0.131. The van der Waals surface area contributed by atoms with E-state index in [0.717, 1.165) is 19.0 Å². The van der Waals surface area contributed by atoms with Gasteiger partial charge in [-0.05, 0) is 32.9 Å². The van der Waals surface area contributed by atoms with E-state index < -0.39 is 0 Å². The molecule has 1 aliphatic rings. The third-order valence-electron chi connectivity index (χ3n) is 3.33. The summed E-state index contributed by atoms with van der Waals surface area (Å²) in [5, 5.41) is 0. The van der Waals surface area contributed by atoms with Gasteiger partial charge in [-0.3, -0.25) is 4.90 Å². The zero-order valence-electron chi connectivity index (χ0n) is 10.7. The van der Waals surface area contributed by atoms with Crippen molar-refractivity contribution in [2.24, 2.45) is 11.7 Å². The second-order valence-electron chi connectivity index (χ2n) is 5.38. The largest absolute Gasteiger partial charge is 0.329 e. The van der Waals surface area contributed by atoms with Crippen molar-refractivity contribution in [2.75, 3.05) is 33.2 Å². The number of nitrogens with two attached hydrogens (primary N) is 1. The molecule has 1 aliphatic heterocycles. The summed E-state index contributed by atoms with van der Waals surface area (Å²) in [6, 6.07) is 1.21. The number of hydrogen-bond donors (Lipinski definition) is 1. The Labute approximate surface area is 94.6 Å². The molecule has 2 atom stereocenters. The molecule has 0 spiro atoms. The first-order chi connectivity index (χ1) is 7.04. The van der Waals surface area contributed by atoms with Gasteiger partial charge in [0.25, 0.3) is 0 Å². The van der Waals surface area contributed by atoms with E-state index in [4.69, 9.17) is 5.73 Å². The van der Waals surface area contributed by atoms with Gasteiger partial charge in [0.2, 0.25) is 0 Å². The zero-order valence-corrected chi connectivity index (χ0v) is 10.7. The molecule has 0 bridgehead atoms. The Morgan fingerprint density at radius 2 is 2.07 bits per heavy atom. The molecule has 0 aliphatic carbocycles. The fourth-order valence-corrected chi connectivity index (χ4v) is 2.45. The molecule has 3 heteroatoms. The van der Waals surface area contributed by atoms with Crippen molar-refractivity contribution < 1.29 is 0 Å². The molecule has 2 N–H and O–H groups in total. The SMILES string of the molecule is CC(C)CN1C(C)CCN(C)CC1CN. The summed E-state index contributed by atoms with van der Waals surface area (Å²) < 4.78 is 0. The molecule has 0 radical (unpaired) electrons. The molecule has 1 saturated heterocycles. The molecule has 1 fully saturated rings. The molecule has 15 heavy (non-hydrogen) atoms. The Balaban J connectivity index is 2.67. The minimum atomic E-state index is 0.537. The van der Waals surface area contributed by atoms with E-state index in [1.54, 1.807) is 0 Å². The molecule has 2 unspecified atom stereocenters. The van der Waals surface area contributed by atoms with Crippen LogP contribution in [-0.4, -0.2) is 55.1 Å². The average Bonchev–Trinajstić information content (AvgIpc) is 2.30. The van der Waals surface area contributed by atoms with Crippen LogP contribution in [0.25, 0.3) is 0 Å². The van der Waals surface area contributed by atoms with Crippen LogP contribution in [0.2, 0.25) is 0 Å². The van der Waals surface area contributed by atoms with Crippen molar-refractivity contribution in [3.8, 4) is 0 Å². The van der Waals surface area contributed by atoms with E-state index in [2.05, 4.69) is 37.6 Å². The Bertz CT molecular complexity index is 182. The Morgan fingerprint density at radius 3 is 2.60 bits per heavy atom. The third kappa shape index (κ3) is 3.74. The molecule has 0 aromatic carbocycles.